The zero-order valence-corrected chi connectivity index (χ0v) is 10.6. The predicted octanol–water partition coefficient (Wildman–Crippen LogP) is 3.19. The Morgan fingerprint density at radius 1 is 1.35 bits per heavy atom. The molecular weight excluding hydrogens is 257 g/mol. The molecule has 0 fully saturated rings. The maximum atomic E-state index is 12.6. The number of carbonyl (C=O) groups is 1. The van der Waals surface area contributed by atoms with Crippen LogP contribution in [0.15, 0.2) is 0 Å². The lowest BCUT2D eigenvalue weighted by Crippen LogP contribution is -2.36. The van der Waals surface area contributed by atoms with Gasteiger partial charge in [-0.25, -0.2) is 0 Å². The fourth-order valence-electron chi connectivity index (χ4n) is 1.36. The van der Waals surface area contributed by atoms with Crippen molar-refractivity contribution in [3.05, 3.63) is 16.4 Å². The van der Waals surface area contributed by atoms with Gasteiger partial charge in [-0.3, -0.25) is 9.48 Å². The molecule has 7 heteroatoms. The predicted molar refractivity (Wildman–Crippen MR) is 57.0 cm³/mol. The number of hydrogen-bond donors (Lipinski definition) is 0. The van der Waals surface area contributed by atoms with E-state index in [-0.39, 0.29) is 11.5 Å². The van der Waals surface area contributed by atoms with E-state index in [1.807, 2.05) is 0 Å². The fraction of sp³-hybridized carbons (Fsp3) is 0.600. The maximum absolute atomic E-state index is 12.6. The number of nitrogens with zero attached hydrogens (tertiary/aromatic N) is 2. The highest BCUT2D eigenvalue weighted by Crippen LogP contribution is 2.37. The molecule has 96 valence electrons. The van der Waals surface area contributed by atoms with Crippen LogP contribution in [0.25, 0.3) is 0 Å². The van der Waals surface area contributed by atoms with E-state index in [1.54, 1.807) is 0 Å². The largest absolute Gasteiger partial charge is 0.436 e. The molecule has 0 aliphatic rings. The average molecular weight is 269 g/mol. The Labute approximate surface area is 102 Å². The van der Waals surface area contributed by atoms with E-state index in [2.05, 4.69) is 5.10 Å². The summed E-state index contributed by atoms with van der Waals surface area (Å²) in [6.45, 7) is 5.68. The van der Waals surface area contributed by atoms with Crippen LogP contribution in [0.3, 0.4) is 0 Å². The molecule has 0 aliphatic heterocycles. The molecule has 0 aliphatic carbocycles. The highest BCUT2D eigenvalue weighted by Gasteiger charge is 2.40. The Kier molecular flexibility index (Phi) is 3.31. The number of hydrogen-bond acceptors (Lipinski definition) is 2. The molecule has 3 nitrogen and oxygen atoms in total. The van der Waals surface area contributed by atoms with Crippen molar-refractivity contribution in [1.82, 2.24) is 9.78 Å². The highest BCUT2D eigenvalue weighted by atomic mass is 35.5. The lowest BCUT2D eigenvalue weighted by atomic mass is 10.0. The van der Waals surface area contributed by atoms with Crippen molar-refractivity contribution in [2.75, 3.05) is 0 Å². The molecule has 0 bridgehead atoms. The maximum Gasteiger partial charge on any atom is 0.436 e. The smallest absolute Gasteiger partial charge is 0.297 e. The molecule has 17 heavy (non-hydrogen) atoms. The minimum atomic E-state index is -4.63. The summed E-state index contributed by atoms with van der Waals surface area (Å²) < 4.78 is 38.8. The van der Waals surface area contributed by atoms with E-state index in [4.69, 9.17) is 11.6 Å². The topological polar surface area (TPSA) is 34.9 Å². The van der Waals surface area contributed by atoms with Crippen LogP contribution in [-0.4, -0.2) is 15.6 Å². The first kappa shape index (κ1) is 14.0. The van der Waals surface area contributed by atoms with Gasteiger partial charge in [-0.2, -0.15) is 18.3 Å². The number of rotatable bonds is 2. The number of aromatic nitrogens is 2. The fourth-order valence-corrected chi connectivity index (χ4v) is 1.58. The summed E-state index contributed by atoms with van der Waals surface area (Å²) in [6.07, 6.45) is -4.63. The second kappa shape index (κ2) is 4.01. The lowest BCUT2D eigenvalue weighted by molar-refractivity contribution is -0.142. The van der Waals surface area contributed by atoms with Gasteiger partial charge in [0, 0.05) is 0 Å². The van der Waals surface area contributed by atoms with E-state index in [1.165, 1.54) is 27.7 Å². The van der Waals surface area contributed by atoms with Crippen LogP contribution >= 0.6 is 11.6 Å². The van der Waals surface area contributed by atoms with Crippen molar-refractivity contribution >= 4 is 17.4 Å². The average Bonchev–Trinajstić information content (AvgIpc) is 2.43. The van der Waals surface area contributed by atoms with Crippen molar-refractivity contribution < 1.29 is 18.0 Å². The third-order valence-electron chi connectivity index (χ3n) is 2.70. The van der Waals surface area contributed by atoms with Gasteiger partial charge in [0.2, 0.25) is 0 Å². The summed E-state index contributed by atoms with van der Waals surface area (Å²) in [7, 11) is 0. The van der Waals surface area contributed by atoms with E-state index < -0.39 is 22.4 Å². The van der Waals surface area contributed by atoms with E-state index >= 15 is 0 Å². The van der Waals surface area contributed by atoms with E-state index in [0.717, 1.165) is 4.68 Å². The Morgan fingerprint density at radius 2 is 1.82 bits per heavy atom. The quantitative estimate of drug-likeness (QED) is 0.826. The minimum absolute atomic E-state index is 0.124. The normalized spacial score (nSPS) is 12.9. The van der Waals surface area contributed by atoms with Gasteiger partial charge in [0.15, 0.2) is 11.5 Å². The SMILES string of the molecule is CC(=O)C(C)(C)n1nc(C(F)(F)F)c(Cl)c1C. The first-order valence-corrected chi connectivity index (χ1v) is 5.21. The number of Topliss-reactive ketones (excluding diaryl/α,β-unsaturated/α-hetero) is 1. The van der Waals surface area contributed by atoms with Gasteiger partial charge in [-0.15, -0.1) is 0 Å². The van der Waals surface area contributed by atoms with Gasteiger partial charge in [0.1, 0.15) is 5.54 Å². The first-order valence-electron chi connectivity index (χ1n) is 4.83. The molecule has 1 aromatic rings. The zero-order valence-electron chi connectivity index (χ0n) is 9.81. The third kappa shape index (κ3) is 2.31. The molecule has 0 saturated carbocycles. The molecule has 0 N–H and O–H groups in total. The molecule has 1 rings (SSSR count). The van der Waals surface area contributed by atoms with Gasteiger partial charge in [-0.05, 0) is 27.7 Å². The van der Waals surface area contributed by atoms with Crippen molar-refractivity contribution in [1.29, 1.82) is 0 Å². The second-order valence-electron chi connectivity index (χ2n) is 4.27. The Morgan fingerprint density at radius 3 is 2.12 bits per heavy atom. The molecular formula is C10H12ClF3N2O. The molecule has 0 amide bonds. The van der Waals surface area contributed by atoms with Gasteiger partial charge in [0.05, 0.1) is 10.7 Å². The summed E-state index contributed by atoms with van der Waals surface area (Å²) >= 11 is 5.59. The molecule has 0 saturated heterocycles. The van der Waals surface area contributed by atoms with Crippen LogP contribution in [0.1, 0.15) is 32.2 Å². The second-order valence-corrected chi connectivity index (χ2v) is 4.65. The molecule has 0 atom stereocenters. The summed E-state index contributed by atoms with van der Waals surface area (Å²) in [5.74, 6) is -0.298. The lowest BCUT2D eigenvalue weighted by Gasteiger charge is -2.23. The molecule has 0 aromatic carbocycles. The molecule has 0 radical (unpaired) electrons. The minimum Gasteiger partial charge on any atom is -0.297 e. The number of alkyl halides is 3. The van der Waals surface area contributed by atoms with Crippen molar-refractivity contribution in [2.24, 2.45) is 0 Å². The van der Waals surface area contributed by atoms with Crippen LogP contribution in [-0.2, 0) is 16.5 Å². The highest BCUT2D eigenvalue weighted by molar-refractivity contribution is 6.32. The van der Waals surface area contributed by atoms with Crippen LogP contribution in [0.4, 0.5) is 13.2 Å². The monoisotopic (exact) mass is 268 g/mol. The van der Waals surface area contributed by atoms with Gasteiger partial charge >= 0.3 is 6.18 Å². The number of ketones is 1. The van der Waals surface area contributed by atoms with E-state index in [9.17, 15) is 18.0 Å². The van der Waals surface area contributed by atoms with Crippen LogP contribution in [0, 0.1) is 6.92 Å². The number of carbonyl (C=O) groups excluding carboxylic acids is 1. The van der Waals surface area contributed by atoms with Gasteiger partial charge < -0.3 is 0 Å². The van der Waals surface area contributed by atoms with E-state index in [0.29, 0.717) is 0 Å². The molecule has 1 aromatic heterocycles. The van der Waals surface area contributed by atoms with Gasteiger partial charge in [-0.1, -0.05) is 11.6 Å². The summed E-state index contributed by atoms with van der Waals surface area (Å²) in [6, 6.07) is 0. The number of halogens is 4. The Hall–Kier alpha value is -1.04. The van der Waals surface area contributed by atoms with Gasteiger partial charge in [0.25, 0.3) is 0 Å². The zero-order chi connectivity index (χ0) is 13.6. The summed E-state index contributed by atoms with van der Waals surface area (Å²) in [4.78, 5) is 11.4. The standard InChI is InChI=1S/C10H12ClF3N2O/c1-5-7(11)8(10(12,13)14)15-16(5)9(3,4)6(2)17/h1-4H3. The molecule has 0 unspecified atom stereocenters. The van der Waals surface area contributed by atoms with Crippen molar-refractivity contribution in [3.8, 4) is 0 Å². The van der Waals surface area contributed by atoms with Crippen LogP contribution < -0.4 is 0 Å². The van der Waals surface area contributed by atoms with Crippen molar-refractivity contribution in [2.45, 2.75) is 39.4 Å². The first-order chi connectivity index (χ1) is 7.49. The Balaban J connectivity index is 3.45. The Bertz CT molecular complexity index is 463. The van der Waals surface area contributed by atoms with Crippen LogP contribution in [0.2, 0.25) is 5.02 Å². The summed E-state index contributed by atoms with van der Waals surface area (Å²) in [5, 5.41) is 2.95. The van der Waals surface area contributed by atoms with Crippen molar-refractivity contribution in [3.63, 3.8) is 0 Å². The third-order valence-corrected chi connectivity index (χ3v) is 3.16. The summed E-state index contributed by atoms with van der Waals surface area (Å²) in [5.41, 5.74) is -2.19. The molecule has 0 spiro atoms. The van der Waals surface area contributed by atoms with Crippen LogP contribution in [0.5, 0.6) is 0 Å². The molecule has 1 heterocycles.